The predicted molar refractivity (Wildman–Crippen MR) is 129 cm³/mol. The number of carbonyl (C=O) groups is 1. The average Bonchev–Trinajstić information content (AvgIpc) is 2.85. The summed E-state index contributed by atoms with van der Waals surface area (Å²) < 4.78 is 24.6. The number of fused-ring (bicyclic) bond motifs is 1. The first-order valence-corrected chi connectivity index (χ1v) is 10.9. The molecule has 0 radical (unpaired) electrons. The van der Waals surface area contributed by atoms with E-state index in [-0.39, 0.29) is 5.56 Å². The lowest BCUT2D eigenvalue weighted by Gasteiger charge is -2.13. The van der Waals surface area contributed by atoms with Gasteiger partial charge < -0.3 is 20.1 Å². The zero-order valence-electron chi connectivity index (χ0n) is 18.2. The molecule has 1 amide bonds. The number of rotatable bonds is 9. The van der Waals surface area contributed by atoms with Gasteiger partial charge in [0.15, 0.2) is 11.5 Å². The van der Waals surface area contributed by atoms with Crippen molar-refractivity contribution in [3.8, 4) is 11.5 Å². The van der Waals surface area contributed by atoms with E-state index in [0.29, 0.717) is 53.2 Å². The topological polar surface area (TPSA) is 98.3 Å². The number of carbonyl (C=O) groups excluding carboxylic acids is 1. The Morgan fingerprint density at radius 2 is 1.97 bits per heavy atom. The molecule has 2 heterocycles. The van der Waals surface area contributed by atoms with Gasteiger partial charge in [0.1, 0.15) is 23.8 Å². The second-order valence-corrected chi connectivity index (χ2v) is 7.53. The summed E-state index contributed by atoms with van der Waals surface area (Å²) in [5, 5.41) is 6.57. The van der Waals surface area contributed by atoms with Crippen LogP contribution in [0.15, 0.2) is 61.1 Å². The van der Waals surface area contributed by atoms with Crippen LogP contribution in [0.3, 0.4) is 0 Å². The number of hydrogen-bond acceptors (Lipinski definition) is 7. The highest BCUT2D eigenvalue weighted by Crippen LogP contribution is 2.34. The van der Waals surface area contributed by atoms with Crippen LogP contribution in [0.1, 0.15) is 16.8 Å². The Balaban J connectivity index is 1.51. The van der Waals surface area contributed by atoms with Crippen LogP contribution in [0.4, 0.5) is 21.7 Å². The molecule has 4 rings (SSSR count). The van der Waals surface area contributed by atoms with Crippen LogP contribution in [-0.2, 0) is 0 Å². The molecule has 0 aliphatic heterocycles. The van der Waals surface area contributed by atoms with Crippen molar-refractivity contribution in [1.29, 1.82) is 0 Å². The van der Waals surface area contributed by atoms with E-state index in [1.807, 2.05) is 0 Å². The lowest BCUT2D eigenvalue weighted by atomic mass is 10.2. The van der Waals surface area contributed by atoms with Gasteiger partial charge in [0.2, 0.25) is 0 Å². The summed E-state index contributed by atoms with van der Waals surface area (Å²) in [5.74, 6) is 1.57. The number of anilines is 3. The zero-order chi connectivity index (χ0) is 23.9. The Kier molecular flexibility index (Phi) is 7.34. The smallest absolute Gasteiger partial charge is 0.256 e. The van der Waals surface area contributed by atoms with Crippen LogP contribution in [0.2, 0.25) is 0 Å². The number of amides is 1. The van der Waals surface area contributed by atoms with Crippen LogP contribution >= 0.6 is 11.6 Å². The van der Waals surface area contributed by atoms with Gasteiger partial charge in [-0.25, -0.2) is 19.3 Å². The zero-order valence-corrected chi connectivity index (χ0v) is 19.0. The molecular weight excluding hydrogens is 461 g/mol. The third kappa shape index (κ3) is 5.49. The van der Waals surface area contributed by atoms with Gasteiger partial charge in [-0.3, -0.25) is 4.79 Å². The number of methoxy groups -OCH3 is 1. The second-order valence-electron chi connectivity index (χ2n) is 7.16. The molecule has 8 nitrogen and oxygen atoms in total. The largest absolute Gasteiger partial charge is 0.493 e. The molecule has 2 N–H and O–H groups in total. The first-order valence-electron chi connectivity index (χ1n) is 10.4. The van der Waals surface area contributed by atoms with E-state index in [1.165, 1.54) is 24.5 Å². The number of aromatic nitrogens is 3. The maximum atomic E-state index is 13.3. The van der Waals surface area contributed by atoms with Crippen molar-refractivity contribution in [2.45, 2.75) is 6.42 Å². The minimum Gasteiger partial charge on any atom is -0.493 e. The van der Waals surface area contributed by atoms with Crippen molar-refractivity contribution in [2.24, 2.45) is 0 Å². The maximum absolute atomic E-state index is 13.3. The average molecular weight is 482 g/mol. The van der Waals surface area contributed by atoms with Gasteiger partial charge in [-0.1, -0.05) is 6.07 Å². The Morgan fingerprint density at radius 3 is 2.71 bits per heavy atom. The van der Waals surface area contributed by atoms with Gasteiger partial charge in [0, 0.05) is 22.9 Å². The summed E-state index contributed by atoms with van der Waals surface area (Å²) in [6, 6.07) is 12.4. The van der Waals surface area contributed by atoms with Crippen molar-refractivity contribution in [3.63, 3.8) is 0 Å². The molecule has 0 saturated heterocycles. The van der Waals surface area contributed by atoms with E-state index in [0.717, 1.165) is 11.5 Å². The Labute approximate surface area is 200 Å². The summed E-state index contributed by atoms with van der Waals surface area (Å²) in [4.78, 5) is 25.2. The molecule has 0 spiro atoms. The summed E-state index contributed by atoms with van der Waals surface area (Å²) in [6.45, 7) is 0.468. The fraction of sp³-hybridized carbons (Fsp3) is 0.167. The molecule has 0 unspecified atom stereocenters. The van der Waals surface area contributed by atoms with E-state index in [1.54, 1.807) is 37.6 Å². The normalized spacial score (nSPS) is 10.7. The Hall–Kier alpha value is -3.98. The molecule has 0 aliphatic carbocycles. The molecule has 4 aromatic rings. The van der Waals surface area contributed by atoms with Crippen molar-refractivity contribution in [2.75, 3.05) is 30.2 Å². The number of nitrogens with zero attached hydrogens (tertiary/aromatic N) is 3. The van der Waals surface area contributed by atoms with Crippen molar-refractivity contribution in [1.82, 2.24) is 15.0 Å². The molecular formula is C24H21ClFN5O3. The second kappa shape index (κ2) is 10.8. The highest BCUT2D eigenvalue weighted by atomic mass is 35.5. The molecule has 34 heavy (non-hydrogen) atoms. The van der Waals surface area contributed by atoms with E-state index in [2.05, 4.69) is 25.6 Å². The summed E-state index contributed by atoms with van der Waals surface area (Å²) in [6.07, 6.45) is 3.71. The quantitative estimate of drug-likeness (QED) is 0.251. The van der Waals surface area contributed by atoms with Gasteiger partial charge in [0.25, 0.3) is 5.91 Å². The fourth-order valence-corrected chi connectivity index (χ4v) is 3.28. The van der Waals surface area contributed by atoms with Gasteiger partial charge in [-0.05, 0) is 42.8 Å². The number of ether oxygens (including phenoxy) is 2. The van der Waals surface area contributed by atoms with Gasteiger partial charge in [0.05, 0.1) is 31.1 Å². The number of pyridine rings is 1. The summed E-state index contributed by atoms with van der Waals surface area (Å²) >= 11 is 5.72. The van der Waals surface area contributed by atoms with E-state index < -0.39 is 11.7 Å². The minimum atomic E-state index is -0.484. The number of hydrogen-bond donors (Lipinski definition) is 2. The van der Waals surface area contributed by atoms with E-state index >= 15 is 0 Å². The summed E-state index contributed by atoms with van der Waals surface area (Å²) in [7, 11) is 1.56. The molecule has 2 aromatic carbocycles. The van der Waals surface area contributed by atoms with Crippen LogP contribution in [0.5, 0.6) is 11.5 Å². The monoisotopic (exact) mass is 481 g/mol. The molecule has 0 saturated carbocycles. The van der Waals surface area contributed by atoms with Crippen LogP contribution in [-0.4, -0.2) is 40.5 Å². The fourth-order valence-electron chi connectivity index (χ4n) is 3.17. The van der Waals surface area contributed by atoms with Gasteiger partial charge in [-0.2, -0.15) is 0 Å². The third-order valence-electron chi connectivity index (χ3n) is 4.81. The molecule has 0 aliphatic rings. The summed E-state index contributed by atoms with van der Waals surface area (Å²) in [5.41, 5.74) is 1.52. The van der Waals surface area contributed by atoms with E-state index in [4.69, 9.17) is 21.1 Å². The molecule has 0 fully saturated rings. The van der Waals surface area contributed by atoms with E-state index in [9.17, 15) is 9.18 Å². The first-order chi connectivity index (χ1) is 16.6. The molecule has 2 aromatic heterocycles. The van der Waals surface area contributed by atoms with Crippen molar-refractivity contribution < 1.29 is 18.7 Å². The first kappa shape index (κ1) is 23.2. The van der Waals surface area contributed by atoms with Gasteiger partial charge in [-0.15, -0.1) is 11.6 Å². The lowest BCUT2D eigenvalue weighted by Crippen LogP contribution is -2.13. The number of alkyl halides is 1. The molecule has 0 atom stereocenters. The SMILES string of the molecule is COc1cc2c(Nc3ccc(NC(=O)c4cccc(F)c4)nc3)ncnc2cc1OCCCCl. The standard InChI is InChI=1S/C24H21ClFN5O3/c1-33-20-11-18-19(12-21(20)34-9-3-8-25)28-14-29-23(18)30-17-6-7-22(27-13-17)31-24(32)15-4-2-5-16(26)10-15/h2,4-7,10-14H,3,8-9H2,1H3,(H,27,31,32)(H,28,29,30). The third-order valence-corrected chi connectivity index (χ3v) is 5.08. The Morgan fingerprint density at radius 1 is 1.09 bits per heavy atom. The number of halogens is 2. The van der Waals surface area contributed by atoms with Crippen LogP contribution in [0.25, 0.3) is 10.9 Å². The molecule has 0 bridgehead atoms. The maximum Gasteiger partial charge on any atom is 0.256 e. The van der Waals surface area contributed by atoms with Crippen LogP contribution in [0, 0.1) is 5.82 Å². The lowest BCUT2D eigenvalue weighted by molar-refractivity contribution is 0.102. The highest BCUT2D eigenvalue weighted by molar-refractivity contribution is 6.17. The Bertz CT molecular complexity index is 1300. The highest BCUT2D eigenvalue weighted by Gasteiger charge is 2.13. The number of nitrogens with one attached hydrogen (secondary N) is 2. The predicted octanol–water partition coefficient (Wildman–Crippen LogP) is 5.18. The van der Waals surface area contributed by atoms with Gasteiger partial charge >= 0.3 is 0 Å². The minimum absolute atomic E-state index is 0.205. The molecule has 174 valence electrons. The number of benzene rings is 2. The van der Waals surface area contributed by atoms with Crippen LogP contribution < -0.4 is 20.1 Å². The van der Waals surface area contributed by atoms with Crippen molar-refractivity contribution >= 4 is 45.7 Å². The molecule has 10 heteroatoms. The van der Waals surface area contributed by atoms with Crippen molar-refractivity contribution in [3.05, 3.63) is 72.4 Å².